The maximum absolute atomic E-state index is 8.78. The van der Waals surface area contributed by atoms with Crippen LogP contribution in [-0.2, 0) is 0 Å². The van der Waals surface area contributed by atoms with Crippen molar-refractivity contribution in [1.82, 2.24) is 4.98 Å². The standard InChI is InChI=1S/C12H15N3/c1-10(8-13)11-4-5-12(14-9-11)15-6-2-3-7-15/h4-5,9-10H,2-3,6-7H2,1H3. The normalized spacial score (nSPS) is 17.5. The lowest BCUT2D eigenvalue weighted by molar-refractivity contribution is 0.917. The summed E-state index contributed by atoms with van der Waals surface area (Å²) in [5.74, 6) is 0.978. The fourth-order valence-corrected chi connectivity index (χ4v) is 1.86. The molecule has 2 heterocycles. The fraction of sp³-hybridized carbons (Fsp3) is 0.500. The summed E-state index contributed by atoms with van der Waals surface area (Å²) in [7, 11) is 0. The van der Waals surface area contributed by atoms with Gasteiger partial charge in [-0.1, -0.05) is 6.07 Å². The molecule has 1 fully saturated rings. The molecule has 0 radical (unpaired) electrons. The maximum atomic E-state index is 8.78. The molecule has 2 rings (SSSR count). The van der Waals surface area contributed by atoms with Gasteiger partial charge in [0.1, 0.15) is 5.82 Å². The highest BCUT2D eigenvalue weighted by atomic mass is 15.2. The van der Waals surface area contributed by atoms with Gasteiger partial charge in [0.15, 0.2) is 0 Å². The molecule has 0 saturated carbocycles. The Kier molecular flexibility index (Phi) is 2.86. The van der Waals surface area contributed by atoms with E-state index in [4.69, 9.17) is 5.26 Å². The van der Waals surface area contributed by atoms with Crippen LogP contribution in [-0.4, -0.2) is 18.1 Å². The van der Waals surface area contributed by atoms with Gasteiger partial charge in [0.2, 0.25) is 0 Å². The van der Waals surface area contributed by atoms with Crippen molar-refractivity contribution in [2.24, 2.45) is 0 Å². The van der Waals surface area contributed by atoms with E-state index in [9.17, 15) is 0 Å². The first-order valence-corrected chi connectivity index (χ1v) is 5.42. The largest absolute Gasteiger partial charge is 0.357 e. The Labute approximate surface area is 90.4 Å². The molecule has 0 aliphatic carbocycles. The van der Waals surface area contributed by atoms with Crippen molar-refractivity contribution in [1.29, 1.82) is 5.26 Å². The van der Waals surface area contributed by atoms with Crippen molar-refractivity contribution in [3.05, 3.63) is 23.9 Å². The maximum Gasteiger partial charge on any atom is 0.128 e. The van der Waals surface area contributed by atoms with Gasteiger partial charge in [-0.3, -0.25) is 0 Å². The van der Waals surface area contributed by atoms with Crippen LogP contribution in [0.4, 0.5) is 5.82 Å². The van der Waals surface area contributed by atoms with Crippen molar-refractivity contribution in [2.45, 2.75) is 25.7 Å². The summed E-state index contributed by atoms with van der Waals surface area (Å²) in [4.78, 5) is 6.70. The first kappa shape index (κ1) is 9.97. The van der Waals surface area contributed by atoms with Crippen LogP contribution in [0.25, 0.3) is 0 Å². The van der Waals surface area contributed by atoms with E-state index in [1.165, 1.54) is 12.8 Å². The van der Waals surface area contributed by atoms with Crippen LogP contribution >= 0.6 is 0 Å². The number of rotatable bonds is 2. The van der Waals surface area contributed by atoms with Gasteiger partial charge in [0, 0.05) is 19.3 Å². The minimum atomic E-state index is -0.0647. The molecule has 1 aliphatic rings. The number of anilines is 1. The molecule has 1 atom stereocenters. The third kappa shape index (κ3) is 2.10. The average Bonchev–Trinajstić information content (AvgIpc) is 2.82. The zero-order valence-corrected chi connectivity index (χ0v) is 8.98. The topological polar surface area (TPSA) is 39.9 Å². The number of nitrogens with zero attached hydrogens (tertiary/aromatic N) is 3. The summed E-state index contributed by atoms with van der Waals surface area (Å²) in [6, 6.07) is 6.25. The predicted molar refractivity (Wildman–Crippen MR) is 59.7 cm³/mol. The van der Waals surface area contributed by atoms with Gasteiger partial charge in [0.05, 0.1) is 12.0 Å². The number of pyridine rings is 1. The molecule has 0 amide bonds. The van der Waals surface area contributed by atoms with Gasteiger partial charge < -0.3 is 4.90 Å². The van der Waals surface area contributed by atoms with Crippen LogP contribution < -0.4 is 4.90 Å². The average molecular weight is 201 g/mol. The molecule has 3 heteroatoms. The highest BCUT2D eigenvalue weighted by molar-refractivity contribution is 5.41. The Hall–Kier alpha value is -1.56. The van der Waals surface area contributed by atoms with Gasteiger partial charge in [-0.05, 0) is 31.4 Å². The molecule has 0 N–H and O–H groups in total. The summed E-state index contributed by atoms with van der Waals surface area (Å²) < 4.78 is 0. The number of nitriles is 1. The smallest absolute Gasteiger partial charge is 0.128 e. The van der Waals surface area contributed by atoms with Gasteiger partial charge in [0.25, 0.3) is 0 Å². The van der Waals surface area contributed by atoms with E-state index < -0.39 is 0 Å². The highest BCUT2D eigenvalue weighted by Gasteiger charge is 2.13. The van der Waals surface area contributed by atoms with Gasteiger partial charge in [-0.25, -0.2) is 4.98 Å². The van der Waals surface area contributed by atoms with E-state index in [-0.39, 0.29) is 5.92 Å². The number of hydrogen-bond donors (Lipinski definition) is 0. The molecule has 15 heavy (non-hydrogen) atoms. The summed E-state index contributed by atoms with van der Waals surface area (Å²) in [6.07, 6.45) is 4.34. The molecule has 1 aromatic heterocycles. The molecule has 1 saturated heterocycles. The first-order valence-electron chi connectivity index (χ1n) is 5.42. The van der Waals surface area contributed by atoms with Crippen LogP contribution in [0.2, 0.25) is 0 Å². The molecule has 3 nitrogen and oxygen atoms in total. The Bertz CT molecular complexity index is 357. The third-order valence-electron chi connectivity index (χ3n) is 2.89. The summed E-state index contributed by atoms with van der Waals surface area (Å²) in [6.45, 7) is 4.12. The van der Waals surface area contributed by atoms with E-state index in [0.717, 1.165) is 24.5 Å². The second-order valence-corrected chi connectivity index (χ2v) is 3.99. The highest BCUT2D eigenvalue weighted by Crippen LogP contribution is 2.20. The van der Waals surface area contributed by atoms with Gasteiger partial charge in [-0.15, -0.1) is 0 Å². The summed E-state index contributed by atoms with van der Waals surface area (Å²) in [5.41, 5.74) is 1.00. The van der Waals surface area contributed by atoms with E-state index in [1.54, 1.807) is 0 Å². The van der Waals surface area contributed by atoms with Crippen LogP contribution in [0.15, 0.2) is 18.3 Å². The molecular weight excluding hydrogens is 186 g/mol. The fourth-order valence-electron chi connectivity index (χ4n) is 1.86. The van der Waals surface area contributed by atoms with Gasteiger partial charge in [-0.2, -0.15) is 5.26 Å². The van der Waals surface area contributed by atoms with Crippen LogP contribution in [0, 0.1) is 11.3 Å². The Balaban J connectivity index is 2.13. The van der Waals surface area contributed by atoms with E-state index in [1.807, 2.05) is 25.3 Å². The molecule has 1 aliphatic heterocycles. The predicted octanol–water partition coefficient (Wildman–Crippen LogP) is 2.31. The monoisotopic (exact) mass is 201 g/mol. The molecule has 0 spiro atoms. The minimum absolute atomic E-state index is 0.0647. The van der Waals surface area contributed by atoms with Crippen LogP contribution in [0.3, 0.4) is 0 Å². The van der Waals surface area contributed by atoms with Crippen LogP contribution in [0.5, 0.6) is 0 Å². The summed E-state index contributed by atoms with van der Waals surface area (Å²) in [5, 5.41) is 8.78. The lowest BCUT2D eigenvalue weighted by Gasteiger charge is -2.16. The third-order valence-corrected chi connectivity index (χ3v) is 2.89. The van der Waals surface area contributed by atoms with Crippen molar-refractivity contribution in [3.8, 4) is 6.07 Å². The molecule has 0 aromatic carbocycles. The van der Waals surface area contributed by atoms with Crippen LogP contribution in [0.1, 0.15) is 31.2 Å². The molecule has 78 valence electrons. The Morgan fingerprint density at radius 1 is 1.40 bits per heavy atom. The number of hydrogen-bond acceptors (Lipinski definition) is 3. The quantitative estimate of drug-likeness (QED) is 0.737. The van der Waals surface area contributed by atoms with E-state index >= 15 is 0 Å². The SMILES string of the molecule is CC(C#N)c1ccc(N2CCCC2)nc1. The molecule has 1 unspecified atom stereocenters. The zero-order chi connectivity index (χ0) is 10.7. The van der Waals surface area contributed by atoms with Crippen molar-refractivity contribution in [2.75, 3.05) is 18.0 Å². The molecule has 1 aromatic rings. The first-order chi connectivity index (χ1) is 7.31. The lowest BCUT2D eigenvalue weighted by atomic mass is 10.1. The van der Waals surface area contributed by atoms with Crippen molar-refractivity contribution < 1.29 is 0 Å². The van der Waals surface area contributed by atoms with E-state index in [2.05, 4.69) is 16.0 Å². The zero-order valence-electron chi connectivity index (χ0n) is 8.98. The molecular formula is C12H15N3. The number of aromatic nitrogens is 1. The van der Waals surface area contributed by atoms with Crippen molar-refractivity contribution in [3.63, 3.8) is 0 Å². The van der Waals surface area contributed by atoms with E-state index in [0.29, 0.717) is 0 Å². The van der Waals surface area contributed by atoms with Gasteiger partial charge >= 0.3 is 0 Å². The summed E-state index contributed by atoms with van der Waals surface area (Å²) >= 11 is 0. The molecule has 0 bridgehead atoms. The Morgan fingerprint density at radius 3 is 2.67 bits per heavy atom. The Morgan fingerprint density at radius 2 is 2.13 bits per heavy atom. The second kappa shape index (κ2) is 4.31. The second-order valence-electron chi connectivity index (χ2n) is 3.99. The van der Waals surface area contributed by atoms with Crippen molar-refractivity contribution >= 4 is 5.82 Å². The minimum Gasteiger partial charge on any atom is -0.357 e. The lowest BCUT2D eigenvalue weighted by Crippen LogP contribution is -2.18.